The van der Waals surface area contributed by atoms with E-state index in [1.807, 2.05) is 66.2 Å². The molecular formula is C26H33N3O3. The van der Waals surface area contributed by atoms with E-state index in [2.05, 4.69) is 11.8 Å². The zero-order chi connectivity index (χ0) is 22.5. The second kappa shape index (κ2) is 10.2. The number of methoxy groups -OCH3 is 1. The predicted molar refractivity (Wildman–Crippen MR) is 126 cm³/mol. The molecule has 2 aromatic carbocycles. The van der Waals surface area contributed by atoms with Crippen LogP contribution in [0.25, 0.3) is 5.69 Å². The summed E-state index contributed by atoms with van der Waals surface area (Å²) in [6.07, 6.45) is 2.96. The van der Waals surface area contributed by atoms with E-state index in [-0.39, 0.29) is 6.10 Å². The lowest BCUT2D eigenvalue weighted by Crippen LogP contribution is -2.32. The molecule has 0 aliphatic heterocycles. The van der Waals surface area contributed by atoms with Crippen LogP contribution in [0.1, 0.15) is 37.9 Å². The van der Waals surface area contributed by atoms with Gasteiger partial charge in [0, 0.05) is 25.7 Å². The average molecular weight is 436 g/mol. The third-order valence-corrected chi connectivity index (χ3v) is 5.73. The largest absolute Gasteiger partial charge is 0.497 e. The number of aromatic nitrogens is 2. The normalized spacial score (nSPS) is 14.5. The summed E-state index contributed by atoms with van der Waals surface area (Å²) >= 11 is 0. The van der Waals surface area contributed by atoms with Gasteiger partial charge in [-0.05, 0) is 56.4 Å². The molecule has 1 aromatic heterocycles. The van der Waals surface area contributed by atoms with Crippen molar-refractivity contribution in [2.45, 2.75) is 45.8 Å². The van der Waals surface area contributed by atoms with Crippen LogP contribution in [0.3, 0.4) is 0 Å². The number of hydrogen-bond acceptors (Lipinski definition) is 5. The first-order chi connectivity index (χ1) is 15.6. The van der Waals surface area contributed by atoms with E-state index in [0.717, 1.165) is 41.6 Å². The zero-order valence-electron chi connectivity index (χ0n) is 19.2. The van der Waals surface area contributed by atoms with Crippen molar-refractivity contribution >= 4 is 0 Å². The van der Waals surface area contributed by atoms with Gasteiger partial charge in [-0.15, -0.1) is 0 Å². The Morgan fingerprint density at radius 3 is 2.53 bits per heavy atom. The van der Waals surface area contributed by atoms with E-state index in [9.17, 15) is 5.11 Å². The van der Waals surface area contributed by atoms with Crippen LogP contribution < -0.4 is 9.47 Å². The molecule has 0 spiro atoms. The molecule has 1 unspecified atom stereocenters. The number of para-hydroxylation sites is 1. The molecule has 170 valence electrons. The van der Waals surface area contributed by atoms with Crippen LogP contribution in [0.2, 0.25) is 0 Å². The summed E-state index contributed by atoms with van der Waals surface area (Å²) in [7, 11) is 1.65. The molecular weight excluding hydrogens is 402 g/mol. The molecule has 1 heterocycles. The third-order valence-electron chi connectivity index (χ3n) is 5.73. The van der Waals surface area contributed by atoms with Crippen molar-refractivity contribution in [2.24, 2.45) is 5.92 Å². The van der Waals surface area contributed by atoms with Crippen LogP contribution in [0, 0.1) is 5.92 Å². The minimum atomic E-state index is -0.384. The number of nitrogens with zero attached hydrogens (tertiary/aromatic N) is 3. The Morgan fingerprint density at radius 1 is 1.12 bits per heavy atom. The van der Waals surface area contributed by atoms with Gasteiger partial charge in [0.1, 0.15) is 11.5 Å². The molecule has 3 aromatic rings. The van der Waals surface area contributed by atoms with Gasteiger partial charge in [0.15, 0.2) is 0 Å². The van der Waals surface area contributed by atoms with Crippen LogP contribution in [-0.2, 0) is 13.0 Å². The monoisotopic (exact) mass is 435 g/mol. The number of benzene rings is 2. The molecule has 1 aliphatic carbocycles. The van der Waals surface area contributed by atoms with E-state index in [0.29, 0.717) is 24.7 Å². The maximum absolute atomic E-state index is 10.1. The lowest BCUT2D eigenvalue weighted by molar-refractivity contribution is 0.118. The van der Waals surface area contributed by atoms with Crippen molar-refractivity contribution in [1.29, 1.82) is 0 Å². The van der Waals surface area contributed by atoms with Crippen LogP contribution in [0.5, 0.6) is 17.4 Å². The molecule has 6 heteroatoms. The quantitative estimate of drug-likeness (QED) is 0.468. The minimum Gasteiger partial charge on any atom is -0.497 e. The summed E-state index contributed by atoms with van der Waals surface area (Å²) in [6.45, 7) is 6.28. The molecule has 1 saturated carbocycles. The number of aliphatic hydroxyl groups is 1. The smallest absolute Gasteiger partial charge is 0.227 e. The Hall–Kier alpha value is -2.83. The number of hydrogen-bond donors (Lipinski definition) is 1. The van der Waals surface area contributed by atoms with Gasteiger partial charge in [-0.1, -0.05) is 31.2 Å². The van der Waals surface area contributed by atoms with Crippen molar-refractivity contribution < 1.29 is 14.6 Å². The second-order valence-electron chi connectivity index (χ2n) is 8.60. The van der Waals surface area contributed by atoms with Crippen molar-refractivity contribution in [3.63, 3.8) is 0 Å². The van der Waals surface area contributed by atoms with Gasteiger partial charge in [0.25, 0.3) is 0 Å². The maximum Gasteiger partial charge on any atom is 0.227 e. The highest BCUT2D eigenvalue weighted by Crippen LogP contribution is 2.35. The lowest BCUT2D eigenvalue weighted by Gasteiger charge is -2.24. The Labute approximate surface area is 190 Å². The van der Waals surface area contributed by atoms with Gasteiger partial charge in [0.05, 0.1) is 30.2 Å². The summed E-state index contributed by atoms with van der Waals surface area (Å²) in [4.78, 5) is 2.34. The van der Waals surface area contributed by atoms with Gasteiger partial charge in [-0.25, -0.2) is 4.68 Å². The Kier molecular flexibility index (Phi) is 7.12. The third kappa shape index (κ3) is 5.50. The Balaban J connectivity index is 1.75. The van der Waals surface area contributed by atoms with Gasteiger partial charge in [-0.2, -0.15) is 5.10 Å². The van der Waals surface area contributed by atoms with Crippen molar-refractivity contribution in [3.8, 4) is 23.1 Å². The van der Waals surface area contributed by atoms with Crippen LogP contribution >= 0.6 is 0 Å². The predicted octanol–water partition coefficient (Wildman–Crippen LogP) is 4.83. The number of aryl methyl sites for hydroxylation is 1. The fourth-order valence-electron chi connectivity index (χ4n) is 4.01. The second-order valence-corrected chi connectivity index (χ2v) is 8.60. The number of aliphatic hydroxyl groups excluding tert-OH is 1. The van der Waals surface area contributed by atoms with E-state index in [1.165, 1.54) is 12.8 Å². The van der Waals surface area contributed by atoms with Gasteiger partial charge >= 0.3 is 0 Å². The summed E-state index contributed by atoms with van der Waals surface area (Å²) in [5.74, 6) is 2.89. The number of rotatable bonds is 11. The summed E-state index contributed by atoms with van der Waals surface area (Å²) in [5, 5.41) is 15.0. The highest BCUT2D eigenvalue weighted by atomic mass is 16.5. The Bertz CT molecular complexity index is 1010. The fraction of sp³-hybridized carbons (Fsp3) is 0.423. The summed E-state index contributed by atoms with van der Waals surface area (Å²) in [6, 6.07) is 17.7. The van der Waals surface area contributed by atoms with Crippen molar-refractivity contribution in [3.05, 3.63) is 65.9 Å². The minimum absolute atomic E-state index is 0.384. The van der Waals surface area contributed by atoms with Gasteiger partial charge in [-0.3, -0.25) is 4.90 Å². The first-order valence-electron chi connectivity index (χ1n) is 11.5. The topological polar surface area (TPSA) is 59.8 Å². The molecule has 1 atom stereocenters. The number of ether oxygens (including phenoxy) is 2. The van der Waals surface area contributed by atoms with Crippen molar-refractivity contribution in [2.75, 3.05) is 20.2 Å². The molecule has 6 nitrogen and oxygen atoms in total. The first-order valence-corrected chi connectivity index (χ1v) is 11.5. The molecule has 1 N–H and O–H groups in total. The molecule has 1 aliphatic rings. The molecule has 0 saturated heterocycles. The highest BCUT2D eigenvalue weighted by Gasteiger charge is 2.28. The average Bonchev–Trinajstić information content (AvgIpc) is 3.55. The van der Waals surface area contributed by atoms with Gasteiger partial charge < -0.3 is 14.6 Å². The molecule has 1 fully saturated rings. The summed E-state index contributed by atoms with van der Waals surface area (Å²) in [5.41, 5.74) is 3.04. The maximum atomic E-state index is 10.1. The van der Waals surface area contributed by atoms with Gasteiger partial charge in [0.2, 0.25) is 5.88 Å². The molecule has 32 heavy (non-hydrogen) atoms. The molecule has 4 rings (SSSR count). The summed E-state index contributed by atoms with van der Waals surface area (Å²) < 4.78 is 13.8. The van der Waals surface area contributed by atoms with E-state index in [4.69, 9.17) is 14.6 Å². The van der Waals surface area contributed by atoms with E-state index < -0.39 is 0 Å². The van der Waals surface area contributed by atoms with E-state index >= 15 is 0 Å². The first kappa shape index (κ1) is 22.4. The van der Waals surface area contributed by atoms with Crippen LogP contribution in [0.15, 0.2) is 54.6 Å². The Morgan fingerprint density at radius 2 is 1.88 bits per heavy atom. The van der Waals surface area contributed by atoms with Crippen molar-refractivity contribution in [1.82, 2.24) is 14.7 Å². The van der Waals surface area contributed by atoms with Crippen LogP contribution in [0.4, 0.5) is 0 Å². The lowest BCUT2D eigenvalue weighted by atomic mass is 10.1. The molecule has 0 radical (unpaired) electrons. The molecule has 0 amide bonds. The van der Waals surface area contributed by atoms with E-state index in [1.54, 1.807) is 7.11 Å². The zero-order valence-corrected chi connectivity index (χ0v) is 19.2. The van der Waals surface area contributed by atoms with Crippen LogP contribution in [-0.4, -0.2) is 46.1 Å². The standard InChI is InChI=1S/C26H33N3O3/c1-4-25-24(18-28(16-19(2)30)17-20-13-14-20)26(29(27-25)21-9-6-5-7-10-21)32-23-12-8-11-22(15-23)31-3/h5-12,15,19-20,30H,4,13-14,16-18H2,1-3H3. The highest BCUT2D eigenvalue weighted by molar-refractivity contribution is 5.44. The SMILES string of the molecule is CCc1nn(-c2ccccc2)c(Oc2cccc(OC)c2)c1CN(CC(C)O)CC1CC1. The molecule has 0 bridgehead atoms. The fourth-order valence-corrected chi connectivity index (χ4v) is 4.01.